The van der Waals surface area contributed by atoms with Crippen molar-refractivity contribution in [2.75, 3.05) is 0 Å². The molecule has 92 valence electrons. The summed E-state index contributed by atoms with van der Waals surface area (Å²) in [4.78, 5) is 22.8. The molecule has 1 aliphatic carbocycles. The van der Waals surface area contributed by atoms with E-state index in [-0.39, 0.29) is 12.3 Å². The fourth-order valence-corrected chi connectivity index (χ4v) is 2.24. The number of amides is 1. The molecule has 0 radical (unpaired) electrons. The molecular formula is C12H16N2O3. The Morgan fingerprint density at radius 3 is 2.65 bits per heavy atom. The van der Waals surface area contributed by atoms with Gasteiger partial charge in [-0.05, 0) is 31.4 Å². The second-order valence-electron chi connectivity index (χ2n) is 4.66. The lowest BCUT2D eigenvalue weighted by Crippen LogP contribution is -2.54. The normalized spacial score (nSPS) is 17.2. The SMILES string of the molecule is Cn1cccc1C(=O)NC1(CC(=O)O)CCC1. The van der Waals surface area contributed by atoms with Crippen LogP contribution < -0.4 is 5.32 Å². The molecule has 0 spiro atoms. The van der Waals surface area contributed by atoms with Crippen molar-refractivity contribution in [3.05, 3.63) is 24.0 Å². The minimum absolute atomic E-state index is 0.00314. The Morgan fingerprint density at radius 2 is 2.24 bits per heavy atom. The third-order valence-electron chi connectivity index (χ3n) is 3.36. The Kier molecular flexibility index (Phi) is 2.92. The molecule has 1 heterocycles. The van der Waals surface area contributed by atoms with Gasteiger partial charge in [0.05, 0.1) is 12.0 Å². The summed E-state index contributed by atoms with van der Waals surface area (Å²) in [7, 11) is 1.79. The van der Waals surface area contributed by atoms with Gasteiger partial charge in [0, 0.05) is 13.2 Å². The molecule has 1 amide bonds. The molecule has 0 saturated heterocycles. The first kappa shape index (κ1) is 11.7. The Labute approximate surface area is 99.4 Å². The van der Waals surface area contributed by atoms with Gasteiger partial charge in [0.1, 0.15) is 5.69 Å². The fourth-order valence-electron chi connectivity index (χ4n) is 2.24. The molecule has 5 heteroatoms. The number of aromatic nitrogens is 1. The van der Waals surface area contributed by atoms with Gasteiger partial charge >= 0.3 is 5.97 Å². The molecule has 0 bridgehead atoms. The number of carbonyl (C=O) groups excluding carboxylic acids is 1. The number of nitrogens with one attached hydrogen (secondary N) is 1. The van der Waals surface area contributed by atoms with Gasteiger partial charge in [-0.2, -0.15) is 0 Å². The summed E-state index contributed by atoms with van der Waals surface area (Å²) >= 11 is 0. The van der Waals surface area contributed by atoms with E-state index in [4.69, 9.17) is 5.11 Å². The zero-order valence-corrected chi connectivity index (χ0v) is 9.77. The smallest absolute Gasteiger partial charge is 0.305 e. The van der Waals surface area contributed by atoms with E-state index >= 15 is 0 Å². The number of carbonyl (C=O) groups is 2. The largest absolute Gasteiger partial charge is 0.481 e. The van der Waals surface area contributed by atoms with Crippen LogP contribution in [-0.4, -0.2) is 27.1 Å². The van der Waals surface area contributed by atoms with Crippen LogP contribution in [0.1, 0.15) is 36.2 Å². The second-order valence-corrected chi connectivity index (χ2v) is 4.66. The predicted octanol–water partition coefficient (Wildman–Crippen LogP) is 1.15. The highest BCUT2D eigenvalue weighted by molar-refractivity contribution is 5.93. The molecule has 17 heavy (non-hydrogen) atoms. The van der Waals surface area contributed by atoms with E-state index in [0.717, 1.165) is 19.3 Å². The summed E-state index contributed by atoms with van der Waals surface area (Å²) in [5, 5.41) is 11.7. The van der Waals surface area contributed by atoms with Crippen LogP contribution in [0.15, 0.2) is 18.3 Å². The van der Waals surface area contributed by atoms with E-state index < -0.39 is 11.5 Å². The maximum Gasteiger partial charge on any atom is 0.305 e. The van der Waals surface area contributed by atoms with Gasteiger partial charge in [-0.1, -0.05) is 0 Å². The van der Waals surface area contributed by atoms with Gasteiger partial charge in [0.15, 0.2) is 0 Å². The van der Waals surface area contributed by atoms with Crippen molar-refractivity contribution in [1.29, 1.82) is 0 Å². The molecule has 0 atom stereocenters. The van der Waals surface area contributed by atoms with Crippen molar-refractivity contribution < 1.29 is 14.7 Å². The molecule has 5 nitrogen and oxygen atoms in total. The maximum absolute atomic E-state index is 12.0. The summed E-state index contributed by atoms with van der Waals surface area (Å²) in [6.07, 6.45) is 4.26. The summed E-state index contributed by atoms with van der Waals surface area (Å²) in [6.45, 7) is 0. The lowest BCUT2D eigenvalue weighted by molar-refractivity contribution is -0.139. The van der Waals surface area contributed by atoms with E-state index in [1.807, 2.05) is 0 Å². The molecule has 1 fully saturated rings. The van der Waals surface area contributed by atoms with E-state index in [2.05, 4.69) is 5.32 Å². The van der Waals surface area contributed by atoms with Gasteiger partial charge in [0.2, 0.25) is 0 Å². The van der Waals surface area contributed by atoms with Crippen LogP contribution in [0.5, 0.6) is 0 Å². The van der Waals surface area contributed by atoms with Crippen molar-refractivity contribution in [3.63, 3.8) is 0 Å². The summed E-state index contributed by atoms with van der Waals surface area (Å²) in [5.41, 5.74) is 0.0226. The van der Waals surface area contributed by atoms with Gasteiger partial charge in [0.25, 0.3) is 5.91 Å². The van der Waals surface area contributed by atoms with Gasteiger partial charge in [-0.25, -0.2) is 0 Å². The van der Waals surface area contributed by atoms with Gasteiger partial charge < -0.3 is 15.0 Å². The number of aryl methyl sites for hydroxylation is 1. The molecule has 2 rings (SSSR count). The highest BCUT2D eigenvalue weighted by Crippen LogP contribution is 2.35. The van der Waals surface area contributed by atoms with Gasteiger partial charge in [-0.3, -0.25) is 9.59 Å². The first-order valence-electron chi connectivity index (χ1n) is 5.68. The quantitative estimate of drug-likeness (QED) is 0.823. The van der Waals surface area contributed by atoms with Crippen molar-refractivity contribution in [1.82, 2.24) is 9.88 Å². The number of rotatable bonds is 4. The topological polar surface area (TPSA) is 71.3 Å². The van der Waals surface area contributed by atoms with Crippen LogP contribution in [0.3, 0.4) is 0 Å². The maximum atomic E-state index is 12.0. The van der Waals surface area contributed by atoms with Crippen LogP contribution in [0.4, 0.5) is 0 Å². The van der Waals surface area contributed by atoms with Gasteiger partial charge in [-0.15, -0.1) is 0 Å². The van der Waals surface area contributed by atoms with E-state index in [1.54, 1.807) is 29.9 Å². The number of hydrogen-bond donors (Lipinski definition) is 2. The molecular weight excluding hydrogens is 220 g/mol. The number of hydrogen-bond acceptors (Lipinski definition) is 2. The monoisotopic (exact) mass is 236 g/mol. The number of carboxylic acid groups (broad SMARTS) is 1. The zero-order valence-electron chi connectivity index (χ0n) is 9.77. The zero-order chi connectivity index (χ0) is 12.5. The molecule has 0 aromatic carbocycles. The first-order valence-corrected chi connectivity index (χ1v) is 5.68. The highest BCUT2D eigenvalue weighted by Gasteiger charge is 2.40. The molecule has 2 N–H and O–H groups in total. The van der Waals surface area contributed by atoms with Crippen molar-refractivity contribution >= 4 is 11.9 Å². The molecule has 1 saturated carbocycles. The average Bonchev–Trinajstić information content (AvgIpc) is 2.60. The fraction of sp³-hybridized carbons (Fsp3) is 0.500. The van der Waals surface area contributed by atoms with Crippen molar-refractivity contribution in [2.45, 2.75) is 31.2 Å². The first-order chi connectivity index (χ1) is 8.02. The highest BCUT2D eigenvalue weighted by atomic mass is 16.4. The van der Waals surface area contributed by atoms with Crippen LogP contribution in [-0.2, 0) is 11.8 Å². The Morgan fingerprint density at radius 1 is 1.53 bits per heavy atom. The molecule has 0 aliphatic heterocycles. The van der Waals surface area contributed by atoms with Crippen LogP contribution in [0.2, 0.25) is 0 Å². The standard InChI is InChI=1S/C12H16N2O3/c1-14-7-2-4-9(14)11(17)13-12(5-3-6-12)8-10(15)16/h2,4,7H,3,5-6,8H2,1H3,(H,13,17)(H,15,16). The molecule has 1 aromatic heterocycles. The van der Waals surface area contributed by atoms with Crippen LogP contribution >= 0.6 is 0 Å². The lowest BCUT2D eigenvalue weighted by Gasteiger charge is -2.41. The number of aliphatic carboxylic acids is 1. The number of nitrogens with zero attached hydrogens (tertiary/aromatic N) is 1. The van der Waals surface area contributed by atoms with E-state index in [1.165, 1.54) is 0 Å². The van der Waals surface area contributed by atoms with E-state index in [0.29, 0.717) is 5.69 Å². The Bertz CT molecular complexity index is 446. The minimum Gasteiger partial charge on any atom is -0.481 e. The van der Waals surface area contributed by atoms with Crippen LogP contribution in [0.25, 0.3) is 0 Å². The number of carboxylic acids is 1. The lowest BCUT2D eigenvalue weighted by atomic mass is 9.74. The Balaban J connectivity index is 2.07. The van der Waals surface area contributed by atoms with Crippen LogP contribution in [0, 0.1) is 0 Å². The summed E-state index contributed by atoms with van der Waals surface area (Å²) in [6, 6.07) is 3.52. The second kappa shape index (κ2) is 4.24. The van der Waals surface area contributed by atoms with Crippen molar-refractivity contribution in [3.8, 4) is 0 Å². The Hall–Kier alpha value is -1.78. The average molecular weight is 236 g/mol. The van der Waals surface area contributed by atoms with E-state index in [9.17, 15) is 9.59 Å². The minimum atomic E-state index is -0.864. The third-order valence-corrected chi connectivity index (χ3v) is 3.36. The molecule has 1 aliphatic rings. The molecule has 1 aromatic rings. The summed E-state index contributed by atoms with van der Waals surface area (Å²) in [5.74, 6) is -1.06. The molecule has 0 unspecified atom stereocenters. The third kappa shape index (κ3) is 2.33. The van der Waals surface area contributed by atoms with Crippen molar-refractivity contribution in [2.24, 2.45) is 7.05 Å². The predicted molar refractivity (Wildman–Crippen MR) is 61.7 cm³/mol. The summed E-state index contributed by atoms with van der Waals surface area (Å²) < 4.78 is 1.72.